The molecule has 4 fully saturated rings. The molecule has 35 heavy (non-hydrogen) atoms. The predicted molar refractivity (Wildman–Crippen MR) is 124 cm³/mol. The van der Waals surface area contributed by atoms with Crippen molar-refractivity contribution in [2.75, 3.05) is 28.2 Å². The van der Waals surface area contributed by atoms with Crippen molar-refractivity contribution in [3.05, 3.63) is 0 Å². The van der Waals surface area contributed by atoms with Gasteiger partial charge in [0.05, 0.1) is 0 Å². The summed E-state index contributed by atoms with van der Waals surface area (Å²) in [5.41, 5.74) is 0. The Bertz CT molecular complexity index is 736. The second kappa shape index (κ2) is 14.7. The van der Waals surface area contributed by atoms with Gasteiger partial charge < -0.3 is 0 Å². The molecule has 0 unspecified atom stereocenters. The Morgan fingerprint density at radius 3 is 0.600 bits per heavy atom. The molecule has 12 nitrogen and oxygen atoms in total. The fourth-order valence-corrected chi connectivity index (χ4v) is 3.11. The lowest BCUT2D eigenvalue weighted by atomic mass is 10.1. The molecular weight excluding hydrogens is 460 g/mol. The monoisotopic (exact) mass is 496 g/mol. The summed E-state index contributed by atoms with van der Waals surface area (Å²) in [7, 11) is 6.09. The van der Waals surface area contributed by atoms with E-state index in [0.717, 1.165) is 12.8 Å². The Labute approximate surface area is 205 Å². The van der Waals surface area contributed by atoms with E-state index < -0.39 is 0 Å². The zero-order chi connectivity index (χ0) is 26.0. The molecule has 0 aliphatic carbocycles. The Morgan fingerprint density at radius 2 is 0.486 bits per heavy atom. The van der Waals surface area contributed by atoms with Gasteiger partial charge in [-0.1, -0.05) is 7.43 Å². The summed E-state index contributed by atoms with van der Waals surface area (Å²) in [6.07, 6.45) is 5.16. The largest absolute Gasteiger partial charge is 0.286 e. The van der Waals surface area contributed by atoms with E-state index in [1.165, 1.54) is 47.8 Å². The van der Waals surface area contributed by atoms with Crippen LogP contribution in [0.15, 0.2) is 0 Å². The van der Waals surface area contributed by atoms with Gasteiger partial charge in [0.1, 0.15) is 0 Å². The topological polar surface area (TPSA) is 150 Å². The van der Waals surface area contributed by atoms with Crippen LogP contribution in [0.2, 0.25) is 0 Å². The number of imide groups is 4. The third-order valence-electron chi connectivity index (χ3n) is 5.66. The minimum atomic E-state index is -0.0602. The molecule has 0 aromatic carbocycles. The second-order valence-electron chi connectivity index (χ2n) is 8.09. The van der Waals surface area contributed by atoms with Crippen molar-refractivity contribution in [2.45, 2.75) is 71.6 Å². The third-order valence-corrected chi connectivity index (χ3v) is 5.66. The highest BCUT2D eigenvalue weighted by Crippen LogP contribution is 2.10. The summed E-state index contributed by atoms with van der Waals surface area (Å²) in [5, 5.41) is 0. The van der Waals surface area contributed by atoms with Crippen molar-refractivity contribution in [1.82, 2.24) is 19.6 Å². The molecular formula is C23H36N4O8. The number of piperidine rings is 2. The molecule has 0 spiro atoms. The van der Waals surface area contributed by atoms with Crippen LogP contribution in [0.3, 0.4) is 0 Å². The van der Waals surface area contributed by atoms with Gasteiger partial charge in [0.25, 0.3) is 0 Å². The highest BCUT2D eigenvalue weighted by molar-refractivity contribution is 6.02. The van der Waals surface area contributed by atoms with Gasteiger partial charge in [0.2, 0.25) is 47.3 Å². The van der Waals surface area contributed by atoms with Gasteiger partial charge in [-0.05, 0) is 12.8 Å². The lowest BCUT2D eigenvalue weighted by Gasteiger charge is -2.19. The maximum Gasteiger partial charge on any atom is 0.229 e. The SMILES string of the molecule is C.CN1C(=O)CCC1=O.CN1C(=O)CCC1=O.CN1C(=O)CCCC1=O.CN1C(=O)CCCC1=O. The number of carbonyl (C=O) groups is 8. The molecule has 0 aromatic heterocycles. The molecule has 0 saturated carbocycles. The first kappa shape index (κ1) is 31.6. The molecule has 0 N–H and O–H groups in total. The van der Waals surface area contributed by atoms with E-state index in [2.05, 4.69) is 0 Å². The number of rotatable bonds is 0. The summed E-state index contributed by atoms with van der Waals surface area (Å²) in [6, 6.07) is 0. The van der Waals surface area contributed by atoms with Gasteiger partial charge in [-0.2, -0.15) is 0 Å². The van der Waals surface area contributed by atoms with Crippen LogP contribution < -0.4 is 0 Å². The van der Waals surface area contributed by atoms with Crippen LogP contribution in [0.5, 0.6) is 0 Å². The Hall–Kier alpha value is -3.44. The van der Waals surface area contributed by atoms with Crippen molar-refractivity contribution in [3.8, 4) is 0 Å². The van der Waals surface area contributed by atoms with Crippen molar-refractivity contribution in [1.29, 1.82) is 0 Å². The molecule has 4 aliphatic heterocycles. The van der Waals surface area contributed by atoms with Crippen LogP contribution in [0.25, 0.3) is 0 Å². The molecule has 0 bridgehead atoms. The van der Waals surface area contributed by atoms with Gasteiger partial charge in [0.15, 0.2) is 0 Å². The fraction of sp³-hybridized carbons (Fsp3) is 0.652. The molecule has 12 heteroatoms. The normalized spacial score (nSPS) is 20.0. The quantitative estimate of drug-likeness (QED) is 0.440. The van der Waals surface area contributed by atoms with Gasteiger partial charge in [0, 0.05) is 79.6 Å². The Morgan fingerprint density at radius 1 is 0.343 bits per heavy atom. The first-order valence-corrected chi connectivity index (χ1v) is 11.0. The zero-order valence-electron chi connectivity index (χ0n) is 20.1. The van der Waals surface area contributed by atoms with Gasteiger partial charge in [-0.3, -0.25) is 58.0 Å². The third kappa shape index (κ3) is 9.75. The molecule has 4 aliphatic rings. The van der Waals surface area contributed by atoms with Gasteiger partial charge in [-0.15, -0.1) is 0 Å². The molecule has 4 rings (SSSR count). The van der Waals surface area contributed by atoms with E-state index in [9.17, 15) is 38.4 Å². The number of hydrogen-bond acceptors (Lipinski definition) is 8. The van der Waals surface area contributed by atoms with Crippen LogP contribution >= 0.6 is 0 Å². The Kier molecular flexibility index (Phi) is 13.3. The molecule has 0 atom stereocenters. The van der Waals surface area contributed by atoms with Crippen molar-refractivity contribution < 1.29 is 38.4 Å². The lowest BCUT2D eigenvalue weighted by molar-refractivity contribution is -0.147. The van der Waals surface area contributed by atoms with Crippen LogP contribution in [0, 0.1) is 0 Å². The van der Waals surface area contributed by atoms with Crippen LogP contribution in [0.4, 0.5) is 0 Å². The highest BCUT2D eigenvalue weighted by atomic mass is 16.2. The van der Waals surface area contributed by atoms with Crippen molar-refractivity contribution >= 4 is 47.3 Å². The predicted octanol–water partition coefficient (Wildman–Crippen LogP) is 0.477. The average molecular weight is 497 g/mol. The van der Waals surface area contributed by atoms with E-state index >= 15 is 0 Å². The van der Waals surface area contributed by atoms with Crippen LogP contribution in [-0.4, -0.2) is 95.0 Å². The van der Waals surface area contributed by atoms with Crippen LogP contribution in [0.1, 0.15) is 71.6 Å². The minimum Gasteiger partial charge on any atom is -0.286 e. The van der Waals surface area contributed by atoms with E-state index in [-0.39, 0.29) is 54.7 Å². The number of nitrogens with zero attached hydrogens (tertiary/aromatic N) is 4. The maximum atomic E-state index is 10.7. The van der Waals surface area contributed by atoms with E-state index in [1.807, 2.05) is 0 Å². The maximum absolute atomic E-state index is 10.7. The smallest absolute Gasteiger partial charge is 0.229 e. The number of likely N-dealkylation sites (tertiary alicyclic amines) is 4. The van der Waals surface area contributed by atoms with E-state index in [0.29, 0.717) is 51.4 Å². The van der Waals surface area contributed by atoms with Crippen molar-refractivity contribution in [2.24, 2.45) is 0 Å². The first-order valence-electron chi connectivity index (χ1n) is 11.0. The molecule has 0 radical (unpaired) electrons. The number of hydrogen-bond donors (Lipinski definition) is 0. The van der Waals surface area contributed by atoms with Gasteiger partial charge in [-0.25, -0.2) is 0 Å². The summed E-state index contributed by atoms with van der Waals surface area (Å²) < 4.78 is 0. The lowest BCUT2D eigenvalue weighted by Crippen LogP contribution is -2.36. The summed E-state index contributed by atoms with van der Waals surface area (Å²) in [5.74, 6) is -0.440. The first-order chi connectivity index (χ1) is 15.9. The molecule has 4 saturated heterocycles. The highest BCUT2D eigenvalue weighted by Gasteiger charge is 2.25. The Balaban J connectivity index is 0.000000437. The minimum absolute atomic E-state index is 0. The average Bonchev–Trinajstić information content (AvgIpc) is 3.26. The summed E-state index contributed by atoms with van der Waals surface area (Å²) >= 11 is 0. The number of amides is 8. The van der Waals surface area contributed by atoms with Gasteiger partial charge >= 0.3 is 0 Å². The fourth-order valence-electron chi connectivity index (χ4n) is 3.11. The molecule has 196 valence electrons. The summed E-state index contributed by atoms with van der Waals surface area (Å²) in [4.78, 5) is 89.5. The molecule has 4 heterocycles. The van der Waals surface area contributed by atoms with E-state index in [1.54, 1.807) is 0 Å². The molecule has 0 aromatic rings. The second-order valence-corrected chi connectivity index (χ2v) is 8.09. The van der Waals surface area contributed by atoms with Crippen molar-refractivity contribution in [3.63, 3.8) is 0 Å². The number of carbonyl (C=O) groups excluding carboxylic acids is 8. The molecule has 8 amide bonds. The van der Waals surface area contributed by atoms with Crippen LogP contribution in [-0.2, 0) is 38.4 Å². The van der Waals surface area contributed by atoms with E-state index in [4.69, 9.17) is 0 Å². The standard InChI is InChI=1S/2C6H9NO2.2C5H7NO2.CH4/c2*1-7-5(8)3-2-4-6(7)9;2*1-6-4(7)2-3-5(6)8;/h2*2-4H2,1H3;2*2-3H2,1H3;1H4. The summed E-state index contributed by atoms with van der Waals surface area (Å²) in [6.45, 7) is 0. The zero-order valence-corrected chi connectivity index (χ0v) is 20.1.